The van der Waals surface area contributed by atoms with Crippen LogP contribution in [0.2, 0.25) is 0 Å². The van der Waals surface area contributed by atoms with Gasteiger partial charge in [0.2, 0.25) is 0 Å². The lowest BCUT2D eigenvalue weighted by Gasteiger charge is -2.21. The third-order valence-corrected chi connectivity index (χ3v) is 3.96. The predicted molar refractivity (Wildman–Crippen MR) is 98.4 cm³/mol. The number of para-hydroxylation sites is 1. The molecule has 0 aromatic heterocycles. The first-order valence-corrected chi connectivity index (χ1v) is 8.47. The molecule has 1 amide bonds. The Balaban J connectivity index is 1.85. The maximum atomic E-state index is 12.1. The Hall–Kier alpha value is -2.49. The van der Waals surface area contributed by atoms with Crippen molar-refractivity contribution in [1.29, 1.82) is 0 Å². The van der Waals surface area contributed by atoms with Gasteiger partial charge in [0.05, 0.1) is 0 Å². The maximum absolute atomic E-state index is 12.1. The third-order valence-electron chi connectivity index (χ3n) is 3.96. The number of hydrogen-bond acceptors (Lipinski definition) is 3. The average Bonchev–Trinajstić information content (AvgIpc) is 2.62. The summed E-state index contributed by atoms with van der Waals surface area (Å²) in [5.41, 5.74) is 2.28. The second-order valence-electron chi connectivity index (χ2n) is 5.63. The highest BCUT2D eigenvalue weighted by atomic mass is 16.5. The van der Waals surface area contributed by atoms with Crippen molar-refractivity contribution in [3.05, 3.63) is 60.2 Å². The lowest BCUT2D eigenvalue weighted by atomic mass is 10.2. The van der Waals surface area contributed by atoms with Gasteiger partial charge in [-0.3, -0.25) is 4.79 Å². The first kappa shape index (κ1) is 17.9. The zero-order valence-corrected chi connectivity index (χ0v) is 14.7. The van der Waals surface area contributed by atoms with Gasteiger partial charge >= 0.3 is 0 Å². The van der Waals surface area contributed by atoms with Crippen LogP contribution in [0.3, 0.4) is 0 Å². The van der Waals surface area contributed by atoms with Crippen molar-refractivity contribution < 1.29 is 9.53 Å². The van der Waals surface area contributed by atoms with Crippen LogP contribution in [0.15, 0.2) is 54.6 Å². The summed E-state index contributed by atoms with van der Waals surface area (Å²) < 4.78 is 5.63. The van der Waals surface area contributed by atoms with Gasteiger partial charge in [-0.25, -0.2) is 0 Å². The molecule has 0 saturated heterocycles. The van der Waals surface area contributed by atoms with Crippen molar-refractivity contribution in [1.82, 2.24) is 5.32 Å². The van der Waals surface area contributed by atoms with Gasteiger partial charge < -0.3 is 15.0 Å². The highest BCUT2D eigenvalue weighted by Crippen LogP contribution is 2.15. The van der Waals surface area contributed by atoms with E-state index >= 15 is 0 Å². The van der Waals surface area contributed by atoms with Crippen LogP contribution < -0.4 is 15.0 Å². The van der Waals surface area contributed by atoms with Gasteiger partial charge in [-0.15, -0.1) is 0 Å². The number of amides is 1. The number of nitrogens with zero attached hydrogens (tertiary/aromatic N) is 1. The molecule has 4 nitrogen and oxygen atoms in total. The van der Waals surface area contributed by atoms with Crippen molar-refractivity contribution in [2.24, 2.45) is 0 Å². The van der Waals surface area contributed by atoms with E-state index in [2.05, 4.69) is 48.3 Å². The standard InChI is InChI=1S/C20H26N2O2/c1-4-22(5-2)18-13-11-17(12-14-18)15-21-20(23)16(3)24-19-9-7-6-8-10-19/h6-14,16H,4-5,15H2,1-3H3,(H,21,23)/t16-/m0/s1. The molecule has 0 aliphatic rings. The fourth-order valence-electron chi connectivity index (χ4n) is 2.50. The summed E-state index contributed by atoms with van der Waals surface area (Å²) in [7, 11) is 0. The fourth-order valence-corrected chi connectivity index (χ4v) is 2.50. The molecule has 0 radical (unpaired) electrons. The molecule has 4 heteroatoms. The normalized spacial score (nSPS) is 11.6. The number of ether oxygens (including phenoxy) is 1. The molecule has 24 heavy (non-hydrogen) atoms. The van der Waals surface area contributed by atoms with E-state index in [-0.39, 0.29) is 5.91 Å². The molecule has 2 rings (SSSR count). The SMILES string of the molecule is CCN(CC)c1ccc(CNC(=O)[C@H](C)Oc2ccccc2)cc1. The second kappa shape index (κ2) is 8.96. The zero-order chi connectivity index (χ0) is 17.4. The first-order chi connectivity index (χ1) is 11.6. The number of benzene rings is 2. The summed E-state index contributed by atoms with van der Waals surface area (Å²) in [6, 6.07) is 17.7. The second-order valence-corrected chi connectivity index (χ2v) is 5.63. The molecule has 1 N–H and O–H groups in total. The van der Waals surface area contributed by atoms with Crippen LogP contribution in [-0.4, -0.2) is 25.1 Å². The van der Waals surface area contributed by atoms with Gasteiger partial charge in [0.15, 0.2) is 6.10 Å². The smallest absolute Gasteiger partial charge is 0.261 e. The van der Waals surface area contributed by atoms with Gasteiger partial charge in [0.25, 0.3) is 5.91 Å². The number of carbonyl (C=O) groups is 1. The molecule has 0 spiro atoms. The Morgan fingerprint density at radius 3 is 2.25 bits per heavy atom. The molecule has 0 unspecified atom stereocenters. The van der Waals surface area contributed by atoms with Crippen LogP contribution in [0.1, 0.15) is 26.3 Å². The highest BCUT2D eigenvalue weighted by molar-refractivity contribution is 5.80. The minimum Gasteiger partial charge on any atom is -0.481 e. The summed E-state index contributed by atoms with van der Waals surface area (Å²) in [5.74, 6) is 0.579. The van der Waals surface area contributed by atoms with E-state index in [1.807, 2.05) is 30.3 Å². The van der Waals surface area contributed by atoms with Crippen molar-refractivity contribution in [2.75, 3.05) is 18.0 Å². The Kier molecular flexibility index (Phi) is 6.67. The lowest BCUT2D eigenvalue weighted by Crippen LogP contribution is -2.35. The number of rotatable bonds is 8. The van der Waals surface area contributed by atoms with Crippen LogP contribution in [0.4, 0.5) is 5.69 Å². The molecule has 0 bridgehead atoms. The lowest BCUT2D eigenvalue weighted by molar-refractivity contribution is -0.127. The van der Waals surface area contributed by atoms with Crippen molar-refractivity contribution >= 4 is 11.6 Å². The summed E-state index contributed by atoms with van der Waals surface area (Å²) in [6.07, 6.45) is -0.526. The van der Waals surface area contributed by atoms with Crippen LogP contribution in [0.25, 0.3) is 0 Å². The molecule has 1 atom stereocenters. The molecule has 0 aliphatic carbocycles. The predicted octanol–water partition coefficient (Wildman–Crippen LogP) is 3.62. The van der Waals surface area contributed by atoms with Crippen LogP contribution in [0.5, 0.6) is 5.75 Å². The Morgan fingerprint density at radius 1 is 1.04 bits per heavy atom. The first-order valence-electron chi connectivity index (χ1n) is 8.47. The van der Waals surface area contributed by atoms with Crippen molar-refractivity contribution in [2.45, 2.75) is 33.4 Å². The van der Waals surface area contributed by atoms with E-state index in [0.29, 0.717) is 12.3 Å². The molecule has 2 aromatic carbocycles. The molecule has 0 fully saturated rings. The number of nitrogens with one attached hydrogen (secondary N) is 1. The maximum Gasteiger partial charge on any atom is 0.261 e. The molecule has 0 heterocycles. The summed E-state index contributed by atoms with van der Waals surface area (Å²) >= 11 is 0. The molecular formula is C20H26N2O2. The molecule has 0 aliphatic heterocycles. The summed E-state index contributed by atoms with van der Waals surface area (Å²) in [6.45, 7) is 8.52. The Labute approximate surface area is 144 Å². The molecule has 2 aromatic rings. The summed E-state index contributed by atoms with van der Waals surface area (Å²) in [5, 5.41) is 2.92. The zero-order valence-electron chi connectivity index (χ0n) is 14.7. The van der Waals surface area contributed by atoms with Crippen LogP contribution in [0, 0.1) is 0 Å². The van der Waals surface area contributed by atoms with Gasteiger partial charge in [-0.05, 0) is 50.6 Å². The Morgan fingerprint density at radius 2 is 1.67 bits per heavy atom. The minimum atomic E-state index is -0.526. The summed E-state index contributed by atoms with van der Waals surface area (Å²) in [4.78, 5) is 14.4. The largest absolute Gasteiger partial charge is 0.481 e. The van der Waals surface area contributed by atoms with E-state index < -0.39 is 6.10 Å². The van der Waals surface area contributed by atoms with Gasteiger partial charge in [-0.1, -0.05) is 30.3 Å². The number of hydrogen-bond donors (Lipinski definition) is 1. The van der Waals surface area contributed by atoms with Gasteiger partial charge in [-0.2, -0.15) is 0 Å². The Bertz CT molecular complexity index is 622. The number of carbonyl (C=O) groups excluding carboxylic acids is 1. The molecular weight excluding hydrogens is 300 g/mol. The van der Waals surface area contributed by atoms with Crippen LogP contribution >= 0.6 is 0 Å². The van der Waals surface area contributed by atoms with E-state index in [1.165, 1.54) is 5.69 Å². The van der Waals surface area contributed by atoms with E-state index in [1.54, 1.807) is 6.92 Å². The van der Waals surface area contributed by atoms with E-state index in [9.17, 15) is 4.79 Å². The topological polar surface area (TPSA) is 41.6 Å². The average molecular weight is 326 g/mol. The highest BCUT2D eigenvalue weighted by Gasteiger charge is 2.14. The van der Waals surface area contributed by atoms with Crippen molar-refractivity contribution in [3.8, 4) is 5.75 Å². The fraction of sp³-hybridized carbons (Fsp3) is 0.350. The van der Waals surface area contributed by atoms with Crippen molar-refractivity contribution in [3.63, 3.8) is 0 Å². The molecule has 128 valence electrons. The van der Waals surface area contributed by atoms with Gasteiger partial charge in [0.1, 0.15) is 5.75 Å². The van der Waals surface area contributed by atoms with E-state index in [4.69, 9.17) is 4.74 Å². The third kappa shape index (κ3) is 5.01. The quantitative estimate of drug-likeness (QED) is 0.805. The number of anilines is 1. The van der Waals surface area contributed by atoms with Gasteiger partial charge in [0, 0.05) is 25.3 Å². The monoisotopic (exact) mass is 326 g/mol. The minimum absolute atomic E-state index is 0.119. The molecule has 0 saturated carbocycles. The van der Waals surface area contributed by atoms with Crippen LogP contribution in [-0.2, 0) is 11.3 Å². The van der Waals surface area contributed by atoms with E-state index in [0.717, 1.165) is 18.7 Å².